The summed E-state index contributed by atoms with van der Waals surface area (Å²) in [5.41, 5.74) is 3.20. The number of hydrogen-bond acceptors (Lipinski definition) is 3. The van der Waals surface area contributed by atoms with E-state index < -0.39 is 5.97 Å². The third-order valence-electron chi connectivity index (χ3n) is 2.96. The van der Waals surface area contributed by atoms with Crippen molar-refractivity contribution in [1.29, 1.82) is 0 Å². The predicted octanol–water partition coefficient (Wildman–Crippen LogP) is 4.24. The number of carboxylic acid groups (broad SMARTS) is 1. The van der Waals surface area contributed by atoms with Crippen LogP contribution in [0.5, 0.6) is 0 Å². The van der Waals surface area contributed by atoms with Gasteiger partial charge in [0.05, 0.1) is 11.9 Å². The number of aryl methyl sites for hydroxylation is 1. The highest BCUT2D eigenvalue weighted by Crippen LogP contribution is 2.29. The van der Waals surface area contributed by atoms with Crippen LogP contribution in [0, 0.1) is 6.92 Å². The van der Waals surface area contributed by atoms with Crippen molar-refractivity contribution in [2.75, 3.05) is 5.75 Å². The molecule has 0 aliphatic rings. The number of thioether (sulfide) groups is 1. The van der Waals surface area contributed by atoms with E-state index in [4.69, 9.17) is 5.11 Å². The van der Waals surface area contributed by atoms with E-state index in [1.54, 1.807) is 0 Å². The number of imidazole rings is 1. The fourth-order valence-corrected chi connectivity index (χ4v) is 3.40. The monoisotopic (exact) mass is 368 g/mol. The zero-order valence-corrected chi connectivity index (χ0v) is 14.5. The summed E-state index contributed by atoms with van der Waals surface area (Å²) in [4.78, 5) is 15.2. The number of hydrogen-bond donors (Lipinski definition) is 1. The predicted molar refractivity (Wildman–Crippen MR) is 88.4 cm³/mol. The molecule has 0 saturated carbocycles. The zero-order chi connectivity index (χ0) is 15.6. The van der Waals surface area contributed by atoms with Gasteiger partial charge < -0.3 is 5.11 Å². The van der Waals surface area contributed by atoms with Gasteiger partial charge in [-0.05, 0) is 36.6 Å². The number of aromatic nitrogens is 2. The highest BCUT2D eigenvalue weighted by molar-refractivity contribution is 9.10. The molecule has 21 heavy (non-hydrogen) atoms. The summed E-state index contributed by atoms with van der Waals surface area (Å²) in [5.74, 6) is -0.538. The zero-order valence-electron chi connectivity index (χ0n) is 12.1. The Morgan fingerprint density at radius 1 is 1.43 bits per heavy atom. The number of rotatable bonds is 5. The van der Waals surface area contributed by atoms with Gasteiger partial charge in [0.25, 0.3) is 0 Å². The van der Waals surface area contributed by atoms with Gasteiger partial charge in [0, 0.05) is 15.9 Å². The van der Waals surface area contributed by atoms with Gasteiger partial charge in [0.2, 0.25) is 0 Å². The van der Waals surface area contributed by atoms with Gasteiger partial charge in [-0.1, -0.05) is 41.5 Å². The van der Waals surface area contributed by atoms with Gasteiger partial charge in [-0.2, -0.15) is 0 Å². The molecule has 0 atom stereocenters. The first-order chi connectivity index (χ1) is 9.88. The van der Waals surface area contributed by atoms with Crippen LogP contribution >= 0.6 is 27.7 Å². The van der Waals surface area contributed by atoms with E-state index in [1.807, 2.05) is 29.8 Å². The van der Waals surface area contributed by atoms with Crippen LogP contribution in [0.15, 0.2) is 34.0 Å². The third kappa shape index (κ3) is 3.89. The molecule has 2 rings (SSSR count). The Balaban J connectivity index is 2.52. The molecule has 4 nitrogen and oxygen atoms in total. The normalized spacial score (nSPS) is 11.1. The van der Waals surface area contributed by atoms with Crippen LogP contribution < -0.4 is 0 Å². The second-order valence-corrected chi connectivity index (χ2v) is 6.98. The fraction of sp³-hybridized carbons (Fsp3) is 0.333. The van der Waals surface area contributed by atoms with Crippen molar-refractivity contribution in [3.05, 3.63) is 40.1 Å². The van der Waals surface area contributed by atoms with E-state index in [0.29, 0.717) is 11.1 Å². The first-order valence-electron chi connectivity index (χ1n) is 6.58. The molecule has 0 spiro atoms. The maximum absolute atomic E-state index is 10.8. The largest absolute Gasteiger partial charge is 0.481 e. The van der Waals surface area contributed by atoms with Crippen molar-refractivity contribution in [2.24, 2.45) is 0 Å². The summed E-state index contributed by atoms with van der Waals surface area (Å²) in [6, 6.07) is 6.13. The molecule has 0 fully saturated rings. The lowest BCUT2D eigenvalue weighted by atomic mass is 10.1. The van der Waals surface area contributed by atoms with Crippen molar-refractivity contribution < 1.29 is 9.90 Å². The molecule has 1 aromatic carbocycles. The van der Waals surface area contributed by atoms with Crippen molar-refractivity contribution in [3.8, 4) is 5.69 Å². The second-order valence-electron chi connectivity index (χ2n) is 5.12. The van der Waals surface area contributed by atoms with Gasteiger partial charge in [-0.3, -0.25) is 9.36 Å². The first kappa shape index (κ1) is 16.1. The number of halogens is 1. The molecule has 0 radical (unpaired) electrons. The summed E-state index contributed by atoms with van der Waals surface area (Å²) in [5, 5.41) is 9.58. The smallest absolute Gasteiger partial charge is 0.313 e. The maximum atomic E-state index is 10.8. The summed E-state index contributed by atoms with van der Waals surface area (Å²) >= 11 is 4.75. The van der Waals surface area contributed by atoms with Gasteiger partial charge in [-0.25, -0.2) is 4.98 Å². The van der Waals surface area contributed by atoms with Crippen LogP contribution in [0.4, 0.5) is 0 Å². The molecule has 1 aromatic heterocycles. The number of nitrogens with zero attached hydrogens (tertiary/aromatic N) is 2. The molecular formula is C15H17BrN2O2S. The average molecular weight is 369 g/mol. The van der Waals surface area contributed by atoms with Gasteiger partial charge in [0.1, 0.15) is 0 Å². The summed E-state index contributed by atoms with van der Waals surface area (Å²) in [6.45, 7) is 6.23. The molecule has 1 N–H and O–H groups in total. The molecule has 6 heteroatoms. The molecule has 1 heterocycles. The molecular weight excluding hydrogens is 352 g/mol. The van der Waals surface area contributed by atoms with Crippen LogP contribution in [0.1, 0.15) is 31.0 Å². The van der Waals surface area contributed by atoms with Gasteiger partial charge in [-0.15, -0.1) is 0 Å². The number of carbonyl (C=O) groups is 1. The molecule has 2 aromatic rings. The van der Waals surface area contributed by atoms with E-state index in [1.165, 1.54) is 11.8 Å². The Morgan fingerprint density at radius 3 is 2.71 bits per heavy atom. The Morgan fingerprint density at radius 2 is 2.14 bits per heavy atom. The van der Waals surface area contributed by atoms with E-state index >= 15 is 0 Å². The summed E-state index contributed by atoms with van der Waals surface area (Å²) in [7, 11) is 0. The van der Waals surface area contributed by atoms with E-state index in [2.05, 4.69) is 40.8 Å². The van der Waals surface area contributed by atoms with Crippen molar-refractivity contribution in [1.82, 2.24) is 9.55 Å². The van der Waals surface area contributed by atoms with Crippen molar-refractivity contribution in [3.63, 3.8) is 0 Å². The van der Waals surface area contributed by atoms with Gasteiger partial charge in [0.15, 0.2) is 5.16 Å². The lowest BCUT2D eigenvalue weighted by molar-refractivity contribution is -0.133. The van der Waals surface area contributed by atoms with Crippen LogP contribution in [-0.4, -0.2) is 26.4 Å². The lowest BCUT2D eigenvalue weighted by Gasteiger charge is -2.14. The number of aliphatic carboxylic acids is 1. The van der Waals surface area contributed by atoms with E-state index in [-0.39, 0.29) is 5.75 Å². The first-order valence-corrected chi connectivity index (χ1v) is 8.36. The Bertz CT molecular complexity index is 647. The topological polar surface area (TPSA) is 55.1 Å². The quantitative estimate of drug-likeness (QED) is 0.801. The summed E-state index contributed by atoms with van der Waals surface area (Å²) in [6.07, 6.45) is 1.82. The molecule has 112 valence electrons. The maximum Gasteiger partial charge on any atom is 0.313 e. The van der Waals surface area contributed by atoms with Crippen molar-refractivity contribution >= 4 is 33.7 Å². The standard InChI is InChI=1S/C15H17BrN2O2S/c1-9(2)13-7-17-15(21-8-14(19)20)18(13)12-5-10(3)4-11(16)6-12/h4-7,9H,8H2,1-3H3,(H,19,20). The minimum atomic E-state index is -0.842. The second kappa shape index (κ2) is 6.66. The molecule has 0 aliphatic heterocycles. The summed E-state index contributed by atoms with van der Waals surface area (Å²) < 4.78 is 3.03. The van der Waals surface area contributed by atoms with Crippen LogP contribution in [-0.2, 0) is 4.79 Å². The molecule has 0 saturated heterocycles. The molecule has 0 amide bonds. The Hall–Kier alpha value is -1.27. The minimum absolute atomic E-state index is 0.00152. The molecule has 0 unspecified atom stereocenters. The highest BCUT2D eigenvalue weighted by atomic mass is 79.9. The lowest BCUT2D eigenvalue weighted by Crippen LogP contribution is -2.06. The number of carboxylic acids is 1. The highest BCUT2D eigenvalue weighted by Gasteiger charge is 2.16. The third-order valence-corrected chi connectivity index (χ3v) is 4.35. The molecule has 0 bridgehead atoms. The Labute approximate surface area is 136 Å². The minimum Gasteiger partial charge on any atom is -0.481 e. The van der Waals surface area contributed by atoms with Gasteiger partial charge >= 0.3 is 5.97 Å². The van der Waals surface area contributed by atoms with Crippen LogP contribution in [0.3, 0.4) is 0 Å². The van der Waals surface area contributed by atoms with E-state index in [9.17, 15) is 4.79 Å². The van der Waals surface area contributed by atoms with Crippen LogP contribution in [0.25, 0.3) is 5.69 Å². The van der Waals surface area contributed by atoms with Crippen LogP contribution in [0.2, 0.25) is 0 Å². The van der Waals surface area contributed by atoms with E-state index in [0.717, 1.165) is 21.4 Å². The molecule has 0 aliphatic carbocycles. The fourth-order valence-electron chi connectivity index (χ4n) is 2.09. The SMILES string of the molecule is Cc1cc(Br)cc(-n2c(C(C)C)cnc2SCC(=O)O)c1. The average Bonchev–Trinajstić information content (AvgIpc) is 2.78. The Kier molecular flexibility index (Phi) is 5.11. The van der Waals surface area contributed by atoms with Crippen molar-refractivity contribution in [2.45, 2.75) is 31.8 Å². The number of benzene rings is 1.